The lowest BCUT2D eigenvalue weighted by atomic mass is 10.1. The second-order valence-electron chi connectivity index (χ2n) is 4.24. The van der Waals surface area contributed by atoms with E-state index in [1.165, 1.54) is 53.4 Å². The molecular weight excluding hydrogens is 244 g/mol. The van der Waals surface area contributed by atoms with Gasteiger partial charge in [0.05, 0.1) is 0 Å². The Hall–Kier alpha value is -0.340. The first-order chi connectivity index (χ1) is 8.47. The molecule has 1 aliphatic heterocycles. The molecule has 1 aromatic rings. The maximum absolute atomic E-state index is 2.44. The lowest BCUT2D eigenvalue weighted by Gasteiger charge is -2.07. The summed E-state index contributed by atoms with van der Waals surface area (Å²) in [6.07, 6.45) is 7.71. The van der Waals surface area contributed by atoms with Gasteiger partial charge in [-0.1, -0.05) is 36.4 Å². The number of benzene rings is 1. The van der Waals surface area contributed by atoms with Crippen molar-refractivity contribution in [2.45, 2.75) is 25.7 Å². The van der Waals surface area contributed by atoms with Crippen LogP contribution >= 0.6 is 23.5 Å². The molecule has 0 N–H and O–H groups in total. The van der Waals surface area contributed by atoms with Gasteiger partial charge in [-0.15, -0.1) is 11.8 Å². The van der Waals surface area contributed by atoms with Gasteiger partial charge in [-0.3, -0.25) is 0 Å². The molecule has 0 spiro atoms. The van der Waals surface area contributed by atoms with Gasteiger partial charge in [0.2, 0.25) is 0 Å². The van der Waals surface area contributed by atoms with E-state index in [1.807, 2.05) is 11.8 Å². The minimum absolute atomic E-state index is 1.23. The third kappa shape index (κ3) is 4.81. The lowest BCUT2D eigenvalue weighted by Crippen LogP contribution is -1.86. The highest BCUT2D eigenvalue weighted by Gasteiger charge is 2.03. The van der Waals surface area contributed by atoms with Gasteiger partial charge in [0.25, 0.3) is 0 Å². The Bertz CT molecular complexity index is 343. The Balaban J connectivity index is 2.03. The minimum Gasteiger partial charge on any atom is -0.162 e. The monoisotopic (exact) mass is 264 g/mol. The second kappa shape index (κ2) is 7.88. The van der Waals surface area contributed by atoms with Gasteiger partial charge in [0.1, 0.15) is 0 Å². The molecule has 0 amide bonds. The lowest BCUT2D eigenvalue weighted by molar-refractivity contribution is 0.824. The standard InChI is InChI=1S/C15H20S2/c1-3-8-14(9-4-1)15-10-5-2-6-11-16-12-7-13-17-15/h1,3-4,8-10H,2,5-7,11-13H2/b15-10+. The van der Waals surface area contributed by atoms with Crippen molar-refractivity contribution in [3.8, 4) is 0 Å². The average Bonchev–Trinajstić information content (AvgIpc) is 2.45. The fraction of sp³-hybridized carbons (Fsp3) is 0.467. The van der Waals surface area contributed by atoms with Gasteiger partial charge in [-0.2, -0.15) is 11.8 Å². The van der Waals surface area contributed by atoms with Crippen LogP contribution in [0.15, 0.2) is 36.4 Å². The first kappa shape index (κ1) is 13.1. The highest BCUT2D eigenvalue weighted by molar-refractivity contribution is 8.08. The Kier molecular flexibility index (Phi) is 6.08. The fourth-order valence-electron chi connectivity index (χ4n) is 1.89. The van der Waals surface area contributed by atoms with Crippen molar-refractivity contribution in [2.75, 3.05) is 17.3 Å². The van der Waals surface area contributed by atoms with E-state index in [9.17, 15) is 0 Å². The molecule has 0 fully saturated rings. The van der Waals surface area contributed by atoms with Gasteiger partial charge >= 0.3 is 0 Å². The summed E-state index contributed by atoms with van der Waals surface area (Å²) in [6, 6.07) is 10.8. The summed E-state index contributed by atoms with van der Waals surface area (Å²) in [5, 5.41) is 0. The zero-order chi connectivity index (χ0) is 11.8. The van der Waals surface area contributed by atoms with Crippen molar-refractivity contribution in [3.05, 3.63) is 42.0 Å². The quantitative estimate of drug-likeness (QED) is 0.694. The van der Waals surface area contributed by atoms with E-state index < -0.39 is 0 Å². The van der Waals surface area contributed by atoms with E-state index in [0.29, 0.717) is 0 Å². The molecule has 17 heavy (non-hydrogen) atoms. The van der Waals surface area contributed by atoms with E-state index in [-0.39, 0.29) is 0 Å². The Labute approximate surface area is 113 Å². The molecule has 0 nitrogen and oxygen atoms in total. The molecule has 0 saturated carbocycles. The van der Waals surface area contributed by atoms with Gasteiger partial charge in [0, 0.05) is 4.91 Å². The molecule has 0 aromatic heterocycles. The third-order valence-electron chi connectivity index (χ3n) is 2.82. The van der Waals surface area contributed by atoms with Crippen molar-refractivity contribution in [1.82, 2.24) is 0 Å². The van der Waals surface area contributed by atoms with Crippen molar-refractivity contribution in [1.29, 1.82) is 0 Å². The molecular formula is C15H20S2. The van der Waals surface area contributed by atoms with Gasteiger partial charge in [-0.25, -0.2) is 0 Å². The maximum Gasteiger partial charge on any atom is 0.0104 e. The first-order valence-electron chi connectivity index (χ1n) is 6.43. The number of allylic oxidation sites excluding steroid dienone is 1. The summed E-state index contributed by atoms with van der Waals surface area (Å²) in [5.74, 6) is 3.93. The number of hydrogen-bond acceptors (Lipinski definition) is 2. The SMILES string of the molecule is C1=C(\c2ccccc2)SCCCSCCCC/1. The molecule has 0 radical (unpaired) electrons. The smallest absolute Gasteiger partial charge is 0.0104 e. The molecule has 0 bridgehead atoms. The highest BCUT2D eigenvalue weighted by atomic mass is 32.2. The number of rotatable bonds is 1. The van der Waals surface area contributed by atoms with Crippen molar-refractivity contribution in [2.24, 2.45) is 0 Å². The zero-order valence-electron chi connectivity index (χ0n) is 10.2. The maximum atomic E-state index is 2.44. The van der Waals surface area contributed by atoms with Crippen LogP contribution in [0.1, 0.15) is 31.2 Å². The molecule has 2 rings (SSSR count). The molecule has 92 valence electrons. The predicted octanol–water partition coefficient (Wildman–Crippen LogP) is 5.07. The Morgan fingerprint density at radius 3 is 2.53 bits per heavy atom. The molecule has 0 unspecified atom stereocenters. The van der Waals surface area contributed by atoms with E-state index in [2.05, 4.69) is 48.2 Å². The van der Waals surface area contributed by atoms with E-state index in [4.69, 9.17) is 0 Å². The Morgan fingerprint density at radius 2 is 1.65 bits per heavy atom. The van der Waals surface area contributed by atoms with E-state index in [1.54, 1.807) is 0 Å². The van der Waals surface area contributed by atoms with Crippen LogP contribution in [-0.4, -0.2) is 17.3 Å². The van der Waals surface area contributed by atoms with Crippen molar-refractivity contribution < 1.29 is 0 Å². The average molecular weight is 264 g/mol. The van der Waals surface area contributed by atoms with Crippen LogP contribution in [-0.2, 0) is 0 Å². The normalized spacial score (nSPS) is 22.2. The first-order valence-corrected chi connectivity index (χ1v) is 8.57. The fourth-order valence-corrected chi connectivity index (χ4v) is 4.08. The van der Waals surface area contributed by atoms with E-state index in [0.717, 1.165) is 0 Å². The number of hydrogen-bond donors (Lipinski definition) is 0. The molecule has 0 atom stereocenters. The summed E-state index contributed by atoms with van der Waals surface area (Å²) in [7, 11) is 0. The van der Waals surface area contributed by atoms with Crippen LogP contribution < -0.4 is 0 Å². The van der Waals surface area contributed by atoms with Gasteiger partial charge < -0.3 is 0 Å². The van der Waals surface area contributed by atoms with Crippen LogP contribution in [0.3, 0.4) is 0 Å². The summed E-state index contributed by atoms with van der Waals surface area (Å²) in [6.45, 7) is 0. The summed E-state index contributed by atoms with van der Waals surface area (Å²) >= 11 is 4.15. The number of thioether (sulfide) groups is 2. The minimum atomic E-state index is 1.23. The zero-order valence-corrected chi connectivity index (χ0v) is 11.9. The summed E-state index contributed by atoms with van der Waals surface area (Å²) < 4.78 is 0. The van der Waals surface area contributed by atoms with Crippen molar-refractivity contribution in [3.63, 3.8) is 0 Å². The molecule has 1 aromatic carbocycles. The molecule has 2 heteroatoms. The van der Waals surface area contributed by atoms with Crippen molar-refractivity contribution >= 4 is 28.4 Å². The van der Waals surface area contributed by atoms with Crippen LogP contribution in [0.2, 0.25) is 0 Å². The molecule has 1 aliphatic rings. The van der Waals surface area contributed by atoms with Crippen LogP contribution in [0, 0.1) is 0 Å². The predicted molar refractivity (Wildman–Crippen MR) is 82.7 cm³/mol. The van der Waals surface area contributed by atoms with E-state index >= 15 is 0 Å². The summed E-state index contributed by atoms with van der Waals surface area (Å²) in [4.78, 5) is 1.48. The second-order valence-corrected chi connectivity index (χ2v) is 6.61. The highest BCUT2D eigenvalue weighted by Crippen LogP contribution is 2.29. The topological polar surface area (TPSA) is 0 Å². The largest absolute Gasteiger partial charge is 0.162 e. The van der Waals surface area contributed by atoms with Crippen LogP contribution in [0.25, 0.3) is 4.91 Å². The third-order valence-corrected chi connectivity index (χ3v) is 5.18. The molecule has 0 saturated heterocycles. The van der Waals surface area contributed by atoms with Gasteiger partial charge in [0.15, 0.2) is 0 Å². The summed E-state index contributed by atoms with van der Waals surface area (Å²) in [5.41, 5.74) is 1.39. The van der Waals surface area contributed by atoms with Crippen LogP contribution in [0.4, 0.5) is 0 Å². The van der Waals surface area contributed by atoms with Crippen LogP contribution in [0.5, 0.6) is 0 Å². The van der Waals surface area contributed by atoms with Gasteiger partial charge in [-0.05, 0) is 48.5 Å². The molecule has 0 aliphatic carbocycles. The Morgan fingerprint density at radius 1 is 0.824 bits per heavy atom. The molecule has 1 heterocycles.